The maximum absolute atomic E-state index is 12.4. The van der Waals surface area contributed by atoms with Gasteiger partial charge in [0.15, 0.2) is 0 Å². The molecule has 1 rings (SSSR count). The van der Waals surface area contributed by atoms with Gasteiger partial charge in [-0.2, -0.15) is 0 Å². The molecule has 0 saturated carbocycles. The zero-order chi connectivity index (χ0) is 15.9. The van der Waals surface area contributed by atoms with Crippen LogP contribution in [0.3, 0.4) is 0 Å². The van der Waals surface area contributed by atoms with E-state index in [1.807, 2.05) is 6.92 Å². The molecule has 6 nitrogen and oxygen atoms in total. The average molecular weight is 317 g/mol. The summed E-state index contributed by atoms with van der Waals surface area (Å²) in [4.78, 5) is 0.0446. The molecule has 1 atom stereocenters. The normalized spacial score (nSPS) is 13.0. The van der Waals surface area contributed by atoms with E-state index in [9.17, 15) is 8.42 Å². The van der Waals surface area contributed by atoms with E-state index in [1.165, 1.54) is 20.3 Å². The molecular weight excluding hydrogens is 294 g/mol. The third-order valence-corrected chi connectivity index (χ3v) is 4.78. The second-order valence-electron chi connectivity index (χ2n) is 4.66. The molecule has 2 N–H and O–H groups in total. The number of benzene rings is 1. The third-order valence-electron chi connectivity index (χ3n) is 3.34. The molecule has 120 valence electrons. The lowest BCUT2D eigenvalue weighted by Gasteiger charge is -2.16. The SMILES string of the molecule is CCC(CCO)CNS(=O)(=O)c1cc(OC)ccc1OC. The maximum atomic E-state index is 12.4. The van der Waals surface area contributed by atoms with Crippen LogP contribution in [-0.2, 0) is 10.0 Å². The average Bonchev–Trinajstić information content (AvgIpc) is 2.50. The maximum Gasteiger partial charge on any atom is 0.244 e. The molecule has 1 unspecified atom stereocenters. The Hall–Kier alpha value is -1.31. The Balaban J connectivity index is 2.96. The van der Waals surface area contributed by atoms with Crippen LogP contribution in [-0.4, -0.2) is 40.9 Å². The van der Waals surface area contributed by atoms with E-state index in [2.05, 4.69) is 4.72 Å². The number of methoxy groups -OCH3 is 2. The monoisotopic (exact) mass is 317 g/mol. The van der Waals surface area contributed by atoms with Gasteiger partial charge in [-0.1, -0.05) is 13.3 Å². The number of hydrogen-bond acceptors (Lipinski definition) is 5. The lowest BCUT2D eigenvalue weighted by Crippen LogP contribution is -2.30. The molecule has 0 aliphatic heterocycles. The highest BCUT2D eigenvalue weighted by Crippen LogP contribution is 2.28. The van der Waals surface area contributed by atoms with Gasteiger partial charge >= 0.3 is 0 Å². The summed E-state index contributed by atoms with van der Waals surface area (Å²) in [6.45, 7) is 2.28. The molecule has 0 amide bonds. The topological polar surface area (TPSA) is 84.9 Å². The third kappa shape index (κ3) is 4.87. The van der Waals surface area contributed by atoms with Crippen LogP contribution in [0, 0.1) is 5.92 Å². The quantitative estimate of drug-likeness (QED) is 0.719. The van der Waals surface area contributed by atoms with Crippen LogP contribution in [0.1, 0.15) is 19.8 Å². The number of sulfonamides is 1. The summed E-state index contributed by atoms with van der Waals surface area (Å²) in [5, 5.41) is 8.95. The van der Waals surface area contributed by atoms with Gasteiger partial charge in [-0.15, -0.1) is 0 Å². The highest BCUT2D eigenvalue weighted by atomic mass is 32.2. The Kier molecular flexibility index (Phi) is 6.94. The van der Waals surface area contributed by atoms with Crippen molar-refractivity contribution in [2.45, 2.75) is 24.7 Å². The smallest absolute Gasteiger partial charge is 0.244 e. The number of nitrogens with one attached hydrogen (secondary N) is 1. The molecule has 1 aromatic rings. The summed E-state index contributed by atoms with van der Waals surface area (Å²) in [6, 6.07) is 4.62. The molecule has 0 fully saturated rings. The van der Waals surface area contributed by atoms with Gasteiger partial charge in [0.05, 0.1) is 14.2 Å². The predicted molar refractivity (Wildman–Crippen MR) is 80.2 cm³/mol. The van der Waals surface area contributed by atoms with E-state index in [0.717, 1.165) is 6.42 Å². The second-order valence-corrected chi connectivity index (χ2v) is 6.39. The molecule has 21 heavy (non-hydrogen) atoms. The fourth-order valence-electron chi connectivity index (χ4n) is 1.93. The van der Waals surface area contributed by atoms with Crippen molar-refractivity contribution in [3.8, 4) is 11.5 Å². The van der Waals surface area contributed by atoms with Crippen LogP contribution in [0.5, 0.6) is 11.5 Å². The van der Waals surface area contributed by atoms with E-state index in [4.69, 9.17) is 14.6 Å². The van der Waals surface area contributed by atoms with Gasteiger partial charge < -0.3 is 14.6 Å². The first-order valence-corrected chi connectivity index (χ1v) is 8.29. The summed E-state index contributed by atoms with van der Waals surface area (Å²) in [5.74, 6) is 0.804. The number of hydrogen-bond donors (Lipinski definition) is 2. The van der Waals surface area contributed by atoms with Gasteiger partial charge in [-0.3, -0.25) is 0 Å². The van der Waals surface area contributed by atoms with Crippen LogP contribution in [0.2, 0.25) is 0 Å². The summed E-state index contributed by atoms with van der Waals surface area (Å²) in [7, 11) is -0.805. The van der Waals surface area contributed by atoms with Crippen LogP contribution in [0.4, 0.5) is 0 Å². The van der Waals surface area contributed by atoms with Crippen molar-refractivity contribution < 1.29 is 23.0 Å². The van der Waals surface area contributed by atoms with Crippen LogP contribution in [0.15, 0.2) is 23.1 Å². The summed E-state index contributed by atoms with van der Waals surface area (Å²) in [5.41, 5.74) is 0. The first-order chi connectivity index (χ1) is 9.98. The number of aliphatic hydroxyl groups is 1. The molecule has 0 aromatic heterocycles. The van der Waals surface area contributed by atoms with Crippen molar-refractivity contribution in [2.75, 3.05) is 27.4 Å². The number of rotatable bonds is 9. The van der Waals surface area contributed by atoms with Gasteiger partial charge in [0.25, 0.3) is 0 Å². The van der Waals surface area contributed by atoms with E-state index < -0.39 is 10.0 Å². The Labute approximate surface area is 126 Å². The lowest BCUT2D eigenvalue weighted by atomic mass is 10.0. The van der Waals surface area contributed by atoms with Crippen LogP contribution < -0.4 is 14.2 Å². The molecule has 0 aliphatic rings. The molecule has 0 bridgehead atoms. The van der Waals surface area contributed by atoms with Crippen molar-refractivity contribution in [3.63, 3.8) is 0 Å². The van der Waals surface area contributed by atoms with E-state index >= 15 is 0 Å². The predicted octanol–water partition coefficient (Wildman–Crippen LogP) is 1.39. The Morgan fingerprint density at radius 3 is 2.52 bits per heavy atom. The number of ether oxygens (including phenoxy) is 2. The Morgan fingerprint density at radius 2 is 2.00 bits per heavy atom. The van der Waals surface area contributed by atoms with E-state index in [-0.39, 0.29) is 29.7 Å². The van der Waals surface area contributed by atoms with Crippen molar-refractivity contribution in [3.05, 3.63) is 18.2 Å². The summed E-state index contributed by atoms with van der Waals surface area (Å²) < 4.78 is 37.5. The van der Waals surface area contributed by atoms with Gasteiger partial charge in [-0.05, 0) is 24.5 Å². The molecule has 0 aliphatic carbocycles. The Bertz CT molecular complexity index is 544. The summed E-state index contributed by atoms with van der Waals surface area (Å²) in [6.07, 6.45) is 1.35. The molecule has 0 saturated heterocycles. The zero-order valence-electron chi connectivity index (χ0n) is 12.6. The first-order valence-electron chi connectivity index (χ1n) is 6.81. The van der Waals surface area contributed by atoms with Gasteiger partial charge in [0.1, 0.15) is 16.4 Å². The minimum Gasteiger partial charge on any atom is -0.497 e. The fraction of sp³-hybridized carbons (Fsp3) is 0.571. The fourth-order valence-corrected chi connectivity index (χ4v) is 3.23. The molecule has 0 radical (unpaired) electrons. The standard InChI is InChI=1S/C14H23NO5S/c1-4-11(7-8-16)10-15-21(17,18)14-9-12(19-2)5-6-13(14)20-3/h5-6,9,11,15-16H,4,7-8,10H2,1-3H3. The minimum atomic E-state index is -3.70. The number of aliphatic hydroxyl groups excluding tert-OH is 1. The summed E-state index contributed by atoms with van der Waals surface area (Å²) >= 11 is 0. The Morgan fingerprint density at radius 1 is 1.29 bits per heavy atom. The molecule has 1 aromatic carbocycles. The lowest BCUT2D eigenvalue weighted by molar-refractivity contribution is 0.254. The van der Waals surface area contributed by atoms with Gasteiger partial charge in [-0.25, -0.2) is 13.1 Å². The van der Waals surface area contributed by atoms with Crippen molar-refractivity contribution >= 4 is 10.0 Å². The largest absolute Gasteiger partial charge is 0.497 e. The molecule has 7 heteroatoms. The second kappa shape index (κ2) is 8.21. The molecule has 0 spiro atoms. The minimum absolute atomic E-state index is 0.0444. The van der Waals surface area contributed by atoms with Crippen molar-refractivity contribution in [1.29, 1.82) is 0 Å². The highest BCUT2D eigenvalue weighted by molar-refractivity contribution is 7.89. The van der Waals surface area contributed by atoms with E-state index in [1.54, 1.807) is 12.1 Å². The van der Waals surface area contributed by atoms with Gasteiger partial charge in [0, 0.05) is 19.2 Å². The first kappa shape index (κ1) is 17.7. The van der Waals surface area contributed by atoms with Crippen LogP contribution in [0.25, 0.3) is 0 Å². The van der Waals surface area contributed by atoms with E-state index in [0.29, 0.717) is 12.2 Å². The van der Waals surface area contributed by atoms with Crippen molar-refractivity contribution in [2.24, 2.45) is 5.92 Å². The van der Waals surface area contributed by atoms with Gasteiger partial charge in [0.2, 0.25) is 10.0 Å². The van der Waals surface area contributed by atoms with Crippen molar-refractivity contribution in [1.82, 2.24) is 4.72 Å². The zero-order valence-corrected chi connectivity index (χ0v) is 13.4. The molecular formula is C14H23NO5S. The highest BCUT2D eigenvalue weighted by Gasteiger charge is 2.21. The van der Waals surface area contributed by atoms with Crippen LogP contribution >= 0.6 is 0 Å². The molecule has 0 heterocycles.